The predicted octanol–water partition coefficient (Wildman–Crippen LogP) is 6.42. The highest BCUT2D eigenvalue weighted by atomic mass is 19.1. The zero-order valence-electron chi connectivity index (χ0n) is 30.2. The molecule has 274 valence electrons. The Morgan fingerprint density at radius 1 is 1.06 bits per heavy atom. The molecule has 0 bridgehead atoms. The Balaban J connectivity index is 1.29. The highest BCUT2D eigenvalue weighted by molar-refractivity contribution is 6.01. The number of aromatic hydroxyl groups is 1. The Labute approximate surface area is 297 Å². The summed E-state index contributed by atoms with van der Waals surface area (Å²) in [7, 11) is 0. The standard InChI is InChI=1S/C39H49F2N5O5/c1-6-28-31(40)9-8-25-16-27(47)17-29(32(25)28)34-33(41)35-30(18-42-34)36(46-12-13-49-22-39(5,48)20-46)44-37(43-35)50-21-38(4)10-7-11-45(19-38)26-14-23(2)51-24(3)15-26/h8-9,16-18,23-24,26,47-48H,6-7,10-15,19-22H2,1-5H3/t23-,24+,26?,38?,39-/m0/s1. The number of aromatic nitrogens is 3. The summed E-state index contributed by atoms with van der Waals surface area (Å²) in [6.45, 7) is 13.3. The van der Waals surface area contributed by atoms with Crippen LogP contribution in [0.4, 0.5) is 14.6 Å². The molecule has 3 saturated heterocycles. The summed E-state index contributed by atoms with van der Waals surface area (Å²) in [5, 5.41) is 23.1. The Hall–Kier alpha value is -3.71. The number of benzene rings is 2. The summed E-state index contributed by atoms with van der Waals surface area (Å²) in [6.07, 6.45) is 6.30. The number of aryl methyl sites for hydroxylation is 1. The molecule has 7 rings (SSSR count). The second-order valence-corrected chi connectivity index (χ2v) is 15.5. The summed E-state index contributed by atoms with van der Waals surface area (Å²) in [6, 6.07) is 6.34. The topological polar surface area (TPSA) is 113 Å². The summed E-state index contributed by atoms with van der Waals surface area (Å²) in [5.74, 6) is -0.870. The molecule has 0 aliphatic carbocycles. The minimum absolute atomic E-state index is 0.0173. The number of ether oxygens (including phenoxy) is 3. The number of hydrogen-bond acceptors (Lipinski definition) is 10. The van der Waals surface area contributed by atoms with Gasteiger partial charge in [-0.1, -0.05) is 19.9 Å². The normalized spacial score (nSPS) is 27.9. The number of anilines is 1. The molecule has 3 fully saturated rings. The Morgan fingerprint density at radius 2 is 1.84 bits per heavy atom. The largest absolute Gasteiger partial charge is 0.508 e. The first-order valence-electron chi connectivity index (χ1n) is 18.2. The average Bonchev–Trinajstić information content (AvgIpc) is 3.27. The summed E-state index contributed by atoms with van der Waals surface area (Å²) >= 11 is 0. The maximum absolute atomic E-state index is 17.0. The lowest BCUT2D eigenvalue weighted by molar-refractivity contribution is -0.0795. The molecule has 0 saturated carbocycles. The van der Waals surface area contributed by atoms with Crippen molar-refractivity contribution in [2.24, 2.45) is 5.41 Å². The van der Waals surface area contributed by atoms with Crippen molar-refractivity contribution in [1.29, 1.82) is 0 Å². The lowest BCUT2D eigenvalue weighted by Gasteiger charge is -2.46. The molecule has 51 heavy (non-hydrogen) atoms. The van der Waals surface area contributed by atoms with E-state index in [0.29, 0.717) is 59.8 Å². The number of pyridine rings is 1. The van der Waals surface area contributed by atoms with Crippen molar-refractivity contribution in [3.8, 4) is 23.0 Å². The number of piperidine rings is 1. The number of likely N-dealkylation sites (tertiary alicyclic amines) is 1. The molecule has 5 atom stereocenters. The number of β-amino-alcohol motifs (C(OH)–C–C–N with tert-alkyl or cyclic N) is 1. The van der Waals surface area contributed by atoms with Gasteiger partial charge in [-0.05, 0) is 94.0 Å². The van der Waals surface area contributed by atoms with Gasteiger partial charge in [0.05, 0.1) is 44.0 Å². The van der Waals surface area contributed by atoms with Crippen molar-refractivity contribution < 1.29 is 33.2 Å². The molecule has 0 amide bonds. The van der Waals surface area contributed by atoms with Gasteiger partial charge in [0.1, 0.15) is 34.2 Å². The van der Waals surface area contributed by atoms with Crippen molar-refractivity contribution in [2.45, 2.75) is 90.6 Å². The number of rotatable bonds is 7. The second-order valence-electron chi connectivity index (χ2n) is 15.5. The third-order valence-electron chi connectivity index (χ3n) is 10.7. The van der Waals surface area contributed by atoms with Crippen molar-refractivity contribution in [2.75, 3.05) is 50.9 Å². The predicted molar refractivity (Wildman–Crippen MR) is 192 cm³/mol. The fourth-order valence-electron chi connectivity index (χ4n) is 8.42. The second kappa shape index (κ2) is 14.0. The van der Waals surface area contributed by atoms with E-state index in [1.54, 1.807) is 13.0 Å². The summed E-state index contributed by atoms with van der Waals surface area (Å²) in [5.41, 5.74) is -0.787. The molecule has 2 aromatic carbocycles. The zero-order valence-corrected chi connectivity index (χ0v) is 30.2. The molecule has 2 aromatic heterocycles. The molecule has 4 aromatic rings. The molecule has 10 nitrogen and oxygen atoms in total. The van der Waals surface area contributed by atoms with Gasteiger partial charge in [0.15, 0.2) is 5.82 Å². The number of phenolic OH excluding ortho intramolecular Hbond substituents is 1. The summed E-state index contributed by atoms with van der Waals surface area (Å²) < 4.78 is 50.2. The molecule has 12 heteroatoms. The third kappa shape index (κ3) is 7.33. The van der Waals surface area contributed by atoms with Crippen molar-refractivity contribution in [3.63, 3.8) is 0 Å². The maximum Gasteiger partial charge on any atom is 0.319 e. The number of halogens is 2. The van der Waals surface area contributed by atoms with Gasteiger partial charge < -0.3 is 29.3 Å². The van der Waals surface area contributed by atoms with Gasteiger partial charge in [0, 0.05) is 36.3 Å². The molecule has 0 spiro atoms. The first-order chi connectivity index (χ1) is 24.3. The van der Waals surface area contributed by atoms with E-state index in [2.05, 4.69) is 35.6 Å². The monoisotopic (exact) mass is 705 g/mol. The minimum Gasteiger partial charge on any atom is -0.508 e. The van der Waals surface area contributed by atoms with E-state index >= 15 is 8.78 Å². The van der Waals surface area contributed by atoms with Crippen LogP contribution in [-0.2, 0) is 15.9 Å². The molecular formula is C39H49F2N5O5. The van der Waals surface area contributed by atoms with Crippen molar-refractivity contribution in [3.05, 3.63) is 47.7 Å². The first-order valence-corrected chi connectivity index (χ1v) is 18.2. The summed E-state index contributed by atoms with van der Waals surface area (Å²) in [4.78, 5) is 18.4. The lowest BCUT2D eigenvalue weighted by atomic mass is 9.81. The molecule has 0 radical (unpaired) electrons. The Morgan fingerprint density at radius 3 is 2.61 bits per heavy atom. The van der Waals surface area contributed by atoms with Crippen LogP contribution in [0.3, 0.4) is 0 Å². The van der Waals surface area contributed by atoms with Gasteiger partial charge in [0.25, 0.3) is 0 Å². The van der Waals surface area contributed by atoms with Gasteiger partial charge >= 0.3 is 6.01 Å². The maximum atomic E-state index is 17.0. The van der Waals surface area contributed by atoms with Crippen molar-refractivity contribution in [1.82, 2.24) is 19.9 Å². The Bertz CT molecular complexity index is 1920. The fraction of sp³-hybridized carbons (Fsp3) is 0.564. The van der Waals surface area contributed by atoms with Crippen LogP contribution in [-0.4, -0.2) is 99.9 Å². The fourth-order valence-corrected chi connectivity index (χ4v) is 8.42. The van der Waals surface area contributed by atoms with Crippen LogP contribution in [0.5, 0.6) is 11.8 Å². The SMILES string of the molecule is CCc1c(F)ccc2cc(O)cc(-c3ncc4c(N5CCOC[C@@](C)(O)C5)nc(OCC5(C)CCCN(C6C[C@@H](C)O[C@@H](C)C6)C5)nc4c3F)c12. The van der Waals surface area contributed by atoms with E-state index in [9.17, 15) is 10.2 Å². The molecule has 2 N–H and O–H groups in total. The number of fused-ring (bicyclic) bond motifs is 2. The molecule has 5 heterocycles. The van der Waals surface area contributed by atoms with Crippen LogP contribution in [0.25, 0.3) is 32.9 Å². The number of aliphatic hydroxyl groups is 1. The molecular weight excluding hydrogens is 656 g/mol. The van der Waals surface area contributed by atoms with Gasteiger partial charge in [-0.25, -0.2) is 8.78 Å². The van der Waals surface area contributed by atoms with E-state index in [0.717, 1.165) is 38.8 Å². The van der Waals surface area contributed by atoms with Crippen LogP contribution in [0.1, 0.15) is 65.9 Å². The van der Waals surface area contributed by atoms with Crippen molar-refractivity contribution >= 4 is 27.5 Å². The van der Waals surface area contributed by atoms with Gasteiger partial charge in [-0.2, -0.15) is 9.97 Å². The number of hydrogen-bond donors (Lipinski definition) is 2. The minimum atomic E-state index is -1.18. The van der Waals surface area contributed by atoms with E-state index in [-0.39, 0.29) is 59.3 Å². The van der Waals surface area contributed by atoms with Gasteiger partial charge in [-0.15, -0.1) is 0 Å². The lowest BCUT2D eigenvalue weighted by Crippen LogP contribution is -2.52. The highest BCUT2D eigenvalue weighted by Gasteiger charge is 2.38. The third-order valence-corrected chi connectivity index (χ3v) is 10.7. The Kier molecular flexibility index (Phi) is 9.81. The average molecular weight is 706 g/mol. The smallest absolute Gasteiger partial charge is 0.319 e. The van der Waals surface area contributed by atoms with Crippen LogP contribution >= 0.6 is 0 Å². The van der Waals surface area contributed by atoms with Crippen LogP contribution < -0.4 is 9.64 Å². The quantitative estimate of drug-likeness (QED) is 0.224. The van der Waals surface area contributed by atoms with E-state index < -0.39 is 17.2 Å². The number of nitrogens with zero attached hydrogens (tertiary/aromatic N) is 5. The van der Waals surface area contributed by atoms with Gasteiger partial charge in [0.2, 0.25) is 0 Å². The molecule has 3 aliphatic rings. The highest BCUT2D eigenvalue weighted by Crippen LogP contribution is 2.40. The van der Waals surface area contributed by atoms with E-state index in [1.165, 1.54) is 24.4 Å². The van der Waals surface area contributed by atoms with E-state index in [1.807, 2.05) is 11.8 Å². The van der Waals surface area contributed by atoms with Crippen LogP contribution in [0, 0.1) is 17.0 Å². The van der Waals surface area contributed by atoms with Crippen LogP contribution in [0.15, 0.2) is 30.5 Å². The molecule has 2 unspecified atom stereocenters. The first kappa shape index (κ1) is 35.7. The molecule has 3 aliphatic heterocycles. The zero-order chi connectivity index (χ0) is 36.1. The van der Waals surface area contributed by atoms with Crippen LogP contribution in [0.2, 0.25) is 0 Å². The van der Waals surface area contributed by atoms with E-state index in [4.69, 9.17) is 19.2 Å². The number of phenols is 1. The van der Waals surface area contributed by atoms with Gasteiger partial charge in [-0.3, -0.25) is 9.88 Å².